The summed E-state index contributed by atoms with van der Waals surface area (Å²) in [5, 5.41) is 38.0. The van der Waals surface area contributed by atoms with E-state index in [1.807, 2.05) is 119 Å². The first-order valence-electron chi connectivity index (χ1n) is 13.8. The van der Waals surface area contributed by atoms with Gasteiger partial charge in [0.05, 0.1) is 0 Å². The van der Waals surface area contributed by atoms with Crippen molar-refractivity contribution in [1.29, 1.82) is 0 Å². The third kappa shape index (κ3) is 13.6. The average Bonchev–Trinajstić information content (AvgIpc) is 3.61. The fraction of sp³-hybridized carbons (Fsp3) is 0.176. The summed E-state index contributed by atoms with van der Waals surface area (Å²) in [4.78, 5) is 0. The molecule has 0 saturated carbocycles. The maximum atomic E-state index is 7.61. The number of para-hydroxylation sites is 2. The van der Waals surface area contributed by atoms with E-state index in [0.717, 1.165) is 33.9 Å². The van der Waals surface area contributed by atoms with Crippen LogP contribution in [-0.2, 0) is 40.8 Å². The molecule has 10 nitrogen and oxygen atoms in total. The van der Waals surface area contributed by atoms with Crippen molar-refractivity contribution in [1.82, 2.24) is 21.1 Å². The van der Waals surface area contributed by atoms with Crippen molar-refractivity contribution in [2.45, 2.75) is 26.4 Å². The van der Waals surface area contributed by atoms with Crippen LogP contribution in [0.25, 0.3) is 11.4 Å². The fourth-order valence-corrected chi connectivity index (χ4v) is 3.79. The van der Waals surface area contributed by atoms with E-state index in [1.165, 1.54) is 13.8 Å². The van der Waals surface area contributed by atoms with Gasteiger partial charge in [-0.2, -0.15) is 58.8 Å². The summed E-state index contributed by atoms with van der Waals surface area (Å²) in [6.07, 6.45) is 4.28. The molecule has 2 aliphatic rings. The van der Waals surface area contributed by atoms with E-state index in [2.05, 4.69) is 59.9 Å². The Bertz CT molecular complexity index is 1320. The number of hydrogen-bond donors (Lipinski definition) is 6. The van der Waals surface area contributed by atoms with Crippen LogP contribution in [-0.4, -0.2) is 57.1 Å². The smallest absolute Gasteiger partial charge is 0.396 e. The molecule has 0 amide bonds. The summed E-state index contributed by atoms with van der Waals surface area (Å²) < 4.78 is 0. The molecule has 0 aromatic heterocycles. The Morgan fingerprint density at radius 2 is 0.826 bits per heavy atom. The van der Waals surface area contributed by atoms with Crippen molar-refractivity contribution in [3.05, 3.63) is 145 Å². The summed E-state index contributed by atoms with van der Waals surface area (Å²) in [6, 6.07) is 42.3. The number of nitrogens with one attached hydrogen (secondary N) is 2. The Labute approximate surface area is 299 Å². The van der Waals surface area contributed by atoms with Crippen LogP contribution in [0.2, 0.25) is 0 Å². The maximum absolute atomic E-state index is 7.61. The summed E-state index contributed by atoms with van der Waals surface area (Å²) >= 11 is 0. The molecule has 12 heteroatoms. The van der Waals surface area contributed by atoms with Crippen LogP contribution in [0.4, 0.5) is 11.4 Å². The Balaban J connectivity index is 0.000000361. The standard InChI is InChI=1S/2C15H13N3.2C2H6O2.2Pd/c2*1-17-15(13-8-4-2-5-9-13)12-18(16-17)14-10-6-3-7-11-14;2*1-2(3)4;;/h2*2-10,16H,1H3;2*2-4H,1H3;;/q2*-2;;;2*+2. The van der Waals surface area contributed by atoms with Gasteiger partial charge in [0.15, 0.2) is 0 Å². The monoisotopic (exact) mass is 806 g/mol. The predicted octanol–water partition coefficient (Wildman–Crippen LogP) is 3.55. The quantitative estimate of drug-likeness (QED) is 0.104. The van der Waals surface area contributed by atoms with Crippen molar-refractivity contribution in [3.63, 3.8) is 0 Å². The molecule has 0 spiro atoms. The molecule has 0 saturated heterocycles. The molecule has 4 aromatic carbocycles. The maximum Gasteiger partial charge on any atom is 2.00 e. The molecule has 0 fully saturated rings. The number of hydrogen-bond acceptors (Lipinski definition) is 10. The summed E-state index contributed by atoms with van der Waals surface area (Å²) in [7, 11) is 3.94. The van der Waals surface area contributed by atoms with Crippen LogP contribution in [0.5, 0.6) is 0 Å². The van der Waals surface area contributed by atoms with Crippen molar-refractivity contribution in [2.24, 2.45) is 0 Å². The zero-order valence-corrected chi connectivity index (χ0v) is 28.9. The van der Waals surface area contributed by atoms with Crippen LogP contribution < -0.4 is 21.1 Å². The van der Waals surface area contributed by atoms with Gasteiger partial charge < -0.3 is 40.5 Å². The minimum atomic E-state index is -1.17. The first-order chi connectivity index (χ1) is 21.2. The van der Waals surface area contributed by atoms with Gasteiger partial charge in [-0.05, 0) is 25.2 Å². The number of anilines is 2. The topological polar surface area (TPSA) is 118 Å². The number of nitrogens with zero attached hydrogens (tertiary/aromatic N) is 4. The predicted molar refractivity (Wildman–Crippen MR) is 171 cm³/mol. The largest absolute Gasteiger partial charge is 2.00 e. The Kier molecular flexibility index (Phi) is 19.0. The molecule has 0 radical (unpaired) electrons. The van der Waals surface area contributed by atoms with Gasteiger partial charge in [0, 0.05) is 14.1 Å². The molecular weight excluding hydrogens is 769 g/mol. The molecule has 6 N–H and O–H groups in total. The van der Waals surface area contributed by atoms with Crippen LogP contribution in [0.15, 0.2) is 109 Å². The first kappa shape index (κ1) is 40.7. The Morgan fingerprint density at radius 1 is 0.522 bits per heavy atom. The van der Waals surface area contributed by atoms with E-state index < -0.39 is 12.6 Å². The molecular formula is C34H38N6O4Pd2. The Hall–Kier alpha value is -3.36. The summed E-state index contributed by atoms with van der Waals surface area (Å²) in [5.41, 5.74) is 12.6. The SMILES string of the molecule is CC(O)O.CC(O)O.CN1NN(c2[c-]cccc2)[C-]=C1c1ccccc1.CN1NN(c2[c-]cccc2)[C-]=C1c1ccccc1.[Pd+2].[Pd+2]. The third-order valence-electron chi connectivity index (χ3n) is 5.57. The van der Waals surface area contributed by atoms with E-state index in [9.17, 15) is 0 Å². The van der Waals surface area contributed by atoms with Crippen LogP contribution in [0.3, 0.4) is 0 Å². The number of rotatable bonds is 4. The van der Waals surface area contributed by atoms with E-state index in [1.54, 1.807) is 0 Å². The van der Waals surface area contributed by atoms with Gasteiger partial charge >= 0.3 is 40.8 Å². The molecule has 4 aromatic rings. The summed E-state index contributed by atoms with van der Waals surface area (Å²) in [5.74, 6) is 0. The van der Waals surface area contributed by atoms with Crippen molar-refractivity contribution < 1.29 is 61.3 Å². The average molecular weight is 808 g/mol. The molecule has 0 bridgehead atoms. The van der Waals surface area contributed by atoms with E-state index >= 15 is 0 Å². The zero-order chi connectivity index (χ0) is 31.9. The van der Waals surface area contributed by atoms with Gasteiger partial charge in [-0.3, -0.25) is 0 Å². The van der Waals surface area contributed by atoms with Crippen LogP contribution >= 0.6 is 0 Å². The third-order valence-corrected chi connectivity index (χ3v) is 5.57. The first-order valence-corrected chi connectivity index (χ1v) is 13.8. The zero-order valence-electron chi connectivity index (χ0n) is 25.8. The van der Waals surface area contributed by atoms with Gasteiger partial charge in [0.2, 0.25) is 0 Å². The minimum absolute atomic E-state index is 0. The second-order valence-corrected chi connectivity index (χ2v) is 9.40. The van der Waals surface area contributed by atoms with Crippen molar-refractivity contribution >= 4 is 22.8 Å². The second kappa shape index (κ2) is 21.4. The summed E-state index contributed by atoms with van der Waals surface area (Å²) in [6.45, 7) is 2.56. The molecule has 0 aliphatic carbocycles. The van der Waals surface area contributed by atoms with Gasteiger partial charge in [-0.25, -0.2) is 24.3 Å². The fourth-order valence-electron chi connectivity index (χ4n) is 3.79. The number of aliphatic hydroxyl groups excluding tert-OH is 2. The molecule has 2 heterocycles. The van der Waals surface area contributed by atoms with Gasteiger partial charge in [0.25, 0.3) is 0 Å². The van der Waals surface area contributed by atoms with E-state index in [-0.39, 0.29) is 40.8 Å². The molecule has 46 heavy (non-hydrogen) atoms. The van der Waals surface area contributed by atoms with E-state index in [0.29, 0.717) is 0 Å². The molecule has 0 atom stereocenters. The minimum Gasteiger partial charge on any atom is -0.396 e. The van der Waals surface area contributed by atoms with Crippen LogP contribution in [0, 0.1) is 24.5 Å². The second-order valence-electron chi connectivity index (χ2n) is 9.40. The number of hydrazine groups is 4. The number of aliphatic hydroxyl groups is 4. The molecule has 6 rings (SSSR count). The normalized spacial score (nSPS) is 13.2. The Morgan fingerprint density at radius 3 is 1.11 bits per heavy atom. The van der Waals surface area contributed by atoms with Gasteiger partial charge in [-0.1, -0.05) is 59.9 Å². The molecule has 0 unspecified atom stereocenters. The van der Waals surface area contributed by atoms with E-state index in [4.69, 9.17) is 20.4 Å². The van der Waals surface area contributed by atoms with Crippen molar-refractivity contribution in [2.75, 3.05) is 24.1 Å². The van der Waals surface area contributed by atoms with Crippen LogP contribution in [0.1, 0.15) is 25.0 Å². The number of benzene rings is 4. The van der Waals surface area contributed by atoms with Gasteiger partial charge in [0.1, 0.15) is 12.6 Å². The molecule has 248 valence electrons. The van der Waals surface area contributed by atoms with Gasteiger partial charge in [-0.15, -0.1) is 24.3 Å². The van der Waals surface area contributed by atoms with Crippen molar-refractivity contribution in [3.8, 4) is 0 Å². The molecule has 2 aliphatic heterocycles.